The van der Waals surface area contributed by atoms with Crippen LogP contribution in [0.25, 0.3) is 11.1 Å². The SMILES string of the molecule is O=C(N[C@H]1CCN2C(=O)c3cc(-c4ccsc4)ccc3NC(=O)[C@@H]2C1)[C@@H]1CSCN1. The van der Waals surface area contributed by atoms with E-state index in [1.807, 2.05) is 29.0 Å². The second-order valence-electron chi connectivity index (χ2n) is 7.78. The Morgan fingerprint density at radius 3 is 2.87 bits per heavy atom. The molecular weight excluding hydrogens is 420 g/mol. The normalized spacial score (nSPS) is 25.9. The molecule has 0 aliphatic carbocycles. The van der Waals surface area contributed by atoms with Crippen LogP contribution in [0.3, 0.4) is 0 Å². The Hall–Kier alpha value is -2.36. The lowest BCUT2D eigenvalue weighted by Crippen LogP contribution is -2.56. The molecule has 9 heteroatoms. The monoisotopic (exact) mass is 442 g/mol. The molecule has 0 bridgehead atoms. The van der Waals surface area contributed by atoms with Crippen molar-refractivity contribution >= 4 is 46.5 Å². The molecule has 2 fully saturated rings. The number of nitrogens with zero attached hydrogens (tertiary/aromatic N) is 1. The quantitative estimate of drug-likeness (QED) is 0.678. The first-order valence-corrected chi connectivity index (χ1v) is 12.1. The van der Waals surface area contributed by atoms with Crippen molar-refractivity contribution in [3.8, 4) is 11.1 Å². The minimum Gasteiger partial charge on any atom is -0.352 e. The van der Waals surface area contributed by atoms with E-state index in [1.54, 1.807) is 34.1 Å². The van der Waals surface area contributed by atoms with E-state index < -0.39 is 6.04 Å². The molecule has 3 atom stereocenters. The zero-order chi connectivity index (χ0) is 20.7. The Morgan fingerprint density at radius 2 is 2.10 bits per heavy atom. The van der Waals surface area contributed by atoms with Crippen LogP contribution in [0.1, 0.15) is 23.2 Å². The molecular formula is C21H22N4O3S2. The van der Waals surface area contributed by atoms with E-state index in [-0.39, 0.29) is 29.8 Å². The van der Waals surface area contributed by atoms with E-state index in [2.05, 4.69) is 16.0 Å². The fraction of sp³-hybridized carbons (Fsp3) is 0.381. The number of thioether (sulfide) groups is 1. The molecule has 5 rings (SSSR count). The zero-order valence-electron chi connectivity index (χ0n) is 16.2. The van der Waals surface area contributed by atoms with Crippen molar-refractivity contribution in [2.24, 2.45) is 0 Å². The van der Waals surface area contributed by atoms with Gasteiger partial charge in [-0.2, -0.15) is 11.3 Å². The summed E-state index contributed by atoms with van der Waals surface area (Å²) in [7, 11) is 0. The number of rotatable bonds is 3. The van der Waals surface area contributed by atoms with Crippen molar-refractivity contribution in [1.82, 2.24) is 15.5 Å². The van der Waals surface area contributed by atoms with Crippen LogP contribution in [0.5, 0.6) is 0 Å². The summed E-state index contributed by atoms with van der Waals surface area (Å²) in [6.07, 6.45) is 1.06. The molecule has 2 aromatic rings. The van der Waals surface area contributed by atoms with Crippen molar-refractivity contribution < 1.29 is 14.4 Å². The number of hydrogen-bond acceptors (Lipinski definition) is 6. The third-order valence-electron chi connectivity index (χ3n) is 5.91. The number of nitrogens with one attached hydrogen (secondary N) is 3. The van der Waals surface area contributed by atoms with E-state index in [0.717, 1.165) is 22.8 Å². The van der Waals surface area contributed by atoms with E-state index in [1.165, 1.54) is 0 Å². The van der Waals surface area contributed by atoms with Crippen LogP contribution in [0.15, 0.2) is 35.0 Å². The van der Waals surface area contributed by atoms with Crippen LogP contribution >= 0.6 is 23.1 Å². The predicted octanol–water partition coefficient (Wildman–Crippen LogP) is 2.12. The maximum Gasteiger partial charge on any atom is 0.256 e. The number of carbonyl (C=O) groups is 3. The number of hydrogen-bond donors (Lipinski definition) is 3. The molecule has 0 unspecified atom stereocenters. The molecule has 7 nitrogen and oxygen atoms in total. The Bertz CT molecular complexity index is 988. The van der Waals surface area contributed by atoms with Gasteiger partial charge in [0.2, 0.25) is 11.8 Å². The highest BCUT2D eigenvalue weighted by molar-refractivity contribution is 7.99. The van der Waals surface area contributed by atoms with Crippen LogP contribution in [0.2, 0.25) is 0 Å². The third kappa shape index (κ3) is 3.61. The van der Waals surface area contributed by atoms with Gasteiger partial charge in [-0.3, -0.25) is 19.7 Å². The van der Waals surface area contributed by atoms with Crippen molar-refractivity contribution in [3.63, 3.8) is 0 Å². The average molecular weight is 443 g/mol. The molecule has 156 valence electrons. The smallest absolute Gasteiger partial charge is 0.256 e. The fourth-order valence-corrected chi connectivity index (χ4v) is 5.87. The predicted molar refractivity (Wildman–Crippen MR) is 119 cm³/mol. The molecule has 30 heavy (non-hydrogen) atoms. The first-order chi connectivity index (χ1) is 14.6. The van der Waals surface area contributed by atoms with Crippen molar-refractivity contribution in [1.29, 1.82) is 0 Å². The Kier molecular flexibility index (Phi) is 5.26. The maximum atomic E-state index is 13.3. The van der Waals surface area contributed by atoms with E-state index in [0.29, 0.717) is 30.6 Å². The molecule has 3 aliphatic heterocycles. The van der Waals surface area contributed by atoms with Crippen LogP contribution in [0, 0.1) is 0 Å². The van der Waals surface area contributed by atoms with Gasteiger partial charge < -0.3 is 15.5 Å². The summed E-state index contributed by atoms with van der Waals surface area (Å²) in [5.74, 6) is 1.18. The van der Waals surface area contributed by atoms with Crippen molar-refractivity contribution in [3.05, 3.63) is 40.6 Å². The topological polar surface area (TPSA) is 90.5 Å². The summed E-state index contributed by atoms with van der Waals surface area (Å²) in [6, 6.07) is 6.72. The van der Waals surface area contributed by atoms with E-state index >= 15 is 0 Å². The van der Waals surface area contributed by atoms with Gasteiger partial charge >= 0.3 is 0 Å². The molecule has 3 aliphatic rings. The number of thiophene rings is 1. The molecule has 0 radical (unpaired) electrons. The second kappa shape index (κ2) is 8.05. The first kappa shape index (κ1) is 19.6. The van der Waals surface area contributed by atoms with Crippen molar-refractivity contribution in [2.75, 3.05) is 23.5 Å². The van der Waals surface area contributed by atoms with Crippen molar-refractivity contribution in [2.45, 2.75) is 31.0 Å². The number of benzene rings is 1. The number of piperidine rings is 1. The standard InChI is InChI=1S/C21H22N4O3S2/c26-19(17-10-30-11-22-17)23-14-3-5-25-18(8-14)20(27)24-16-2-1-12(7-15(16)21(25)28)13-4-6-29-9-13/h1-2,4,6-7,9,14,17-18,22H,3,5,8,10-11H2,(H,23,26)(H,24,27)/t14-,17-,18-/m0/s1. The summed E-state index contributed by atoms with van der Waals surface area (Å²) in [6.45, 7) is 0.441. The summed E-state index contributed by atoms with van der Waals surface area (Å²) < 4.78 is 0. The minimum atomic E-state index is -0.584. The fourth-order valence-electron chi connectivity index (χ4n) is 4.26. The molecule has 2 saturated heterocycles. The van der Waals surface area contributed by atoms with Gasteiger partial charge in [-0.25, -0.2) is 0 Å². The Balaban J connectivity index is 1.35. The minimum absolute atomic E-state index is 0.0255. The summed E-state index contributed by atoms with van der Waals surface area (Å²) in [4.78, 5) is 40.3. The number of fused-ring (bicyclic) bond motifs is 2. The third-order valence-corrected chi connectivity index (χ3v) is 7.53. The lowest BCUT2D eigenvalue weighted by atomic mass is 9.95. The van der Waals surface area contributed by atoms with Gasteiger partial charge in [0.05, 0.1) is 17.3 Å². The molecule has 1 aromatic carbocycles. The largest absolute Gasteiger partial charge is 0.352 e. The van der Waals surface area contributed by atoms with Crippen LogP contribution in [-0.4, -0.2) is 58.9 Å². The number of anilines is 1. The van der Waals surface area contributed by atoms with Gasteiger partial charge in [0.15, 0.2) is 0 Å². The van der Waals surface area contributed by atoms with Gasteiger partial charge in [0, 0.05) is 24.2 Å². The lowest BCUT2D eigenvalue weighted by molar-refractivity contribution is -0.125. The summed E-state index contributed by atoms with van der Waals surface area (Å²) in [5, 5.41) is 13.2. The van der Waals surface area contributed by atoms with Gasteiger partial charge in [-0.05, 0) is 52.9 Å². The molecule has 3 amide bonds. The zero-order valence-corrected chi connectivity index (χ0v) is 17.9. The van der Waals surface area contributed by atoms with E-state index in [9.17, 15) is 14.4 Å². The average Bonchev–Trinajstić information content (AvgIpc) is 3.46. The summed E-state index contributed by atoms with van der Waals surface area (Å²) >= 11 is 3.30. The Labute approximate surface area is 182 Å². The van der Waals surface area contributed by atoms with E-state index in [4.69, 9.17) is 0 Å². The molecule has 3 N–H and O–H groups in total. The maximum absolute atomic E-state index is 13.3. The first-order valence-electron chi connectivity index (χ1n) is 10.00. The van der Waals surface area contributed by atoms with Gasteiger partial charge in [-0.15, -0.1) is 11.8 Å². The van der Waals surface area contributed by atoms with Crippen LogP contribution < -0.4 is 16.0 Å². The Morgan fingerprint density at radius 1 is 1.20 bits per heavy atom. The van der Waals surface area contributed by atoms with Gasteiger partial charge in [-0.1, -0.05) is 6.07 Å². The highest BCUT2D eigenvalue weighted by atomic mass is 32.2. The highest BCUT2D eigenvalue weighted by Gasteiger charge is 2.40. The lowest BCUT2D eigenvalue weighted by Gasteiger charge is -2.37. The highest BCUT2D eigenvalue weighted by Crippen LogP contribution is 2.32. The summed E-state index contributed by atoms with van der Waals surface area (Å²) in [5.41, 5.74) is 3.08. The van der Waals surface area contributed by atoms with Crippen LogP contribution in [-0.2, 0) is 9.59 Å². The number of amides is 3. The van der Waals surface area contributed by atoms with Gasteiger partial charge in [0.25, 0.3) is 5.91 Å². The second-order valence-corrected chi connectivity index (χ2v) is 9.59. The number of carbonyl (C=O) groups excluding carboxylic acids is 3. The molecule has 0 spiro atoms. The van der Waals surface area contributed by atoms with Gasteiger partial charge in [0.1, 0.15) is 6.04 Å². The molecule has 4 heterocycles. The molecule has 0 saturated carbocycles. The van der Waals surface area contributed by atoms with Crippen LogP contribution in [0.4, 0.5) is 5.69 Å². The molecule has 1 aromatic heterocycles.